The Labute approximate surface area is 126 Å². The smallest absolute Gasteiger partial charge is 0.218 e. The van der Waals surface area contributed by atoms with E-state index < -0.39 is 10.0 Å². The molecule has 1 aromatic rings. The van der Waals surface area contributed by atoms with Gasteiger partial charge in [-0.1, -0.05) is 24.3 Å². The highest BCUT2D eigenvalue weighted by Crippen LogP contribution is 2.19. The molecule has 1 aliphatic heterocycles. The highest BCUT2D eigenvalue weighted by Gasteiger charge is 2.28. The number of benzene rings is 1. The molecule has 1 fully saturated rings. The van der Waals surface area contributed by atoms with Crippen LogP contribution in [0.3, 0.4) is 0 Å². The highest BCUT2D eigenvalue weighted by atomic mass is 32.2. The minimum atomic E-state index is -3.29. The maximum atomic E-state index is 12.5. The third kappa shape index (κ3) is 4.28. The van der Waals surface area contributed by atoms with Crippen LogP contribution in [0.2, 0.25) is 0 Å². The first-order valence-corrected chi connectivity index (χ1v) is 8.79. The quantitative estimate of drug-likeness (QED) is 0.915. The van der Waals surface area contributed by atoms with Gasteiger partial charge in [0.25, 0.3) is 0 Å². The van der Waals surface area contributed by atoms with Crippen LogP contribution in [0.25, 0.3) is 0 Å². The summed E-state index contributed by atoms with van der Waals surface area (Å²) < 4.78 is 26.5. The van der Waals surface area contributed by atoms with Gasteiger partial charge in [0.05, 0.1) is 5.75 Å². The molecule has 116 valence electrons. The van der Waals surface area contributed by atoms with E-state index in [4.69, 9.17) is 0 Å². The second-order valence-corrected chi connectivity index (χ2v) is 7.53. The van der Waals surface area contributed by atoms with E-state index in [1.165, 1.54) is 11.2 Å². The van der Waals surface area contributed by atoms with E-state index in [0.29, 0.717) is 25.9 Å². The number of nitrogens with one attached hydrogen (secondary N) is 1. The number of hydrogen-bond donors (Lipinski definition) is 1. The molecule has 21 heavy (non-hydrogen) atoms. The number of carbonyl (C=O) groups excluding carboxylic acids is 1. The molecule has 6 heteroatoms. The summed E-state index contributed by atoms with van der Waals surface area (Å²) in [6.07, 6.45) is 1.35. The van der Waals surface area contributed by atoms with Crippen LogP contribution in [0.15, 0.2) is 24.3 Å². The second kappa shape index (κ2) is 6.58. The fraction of sp³-hybridized carbons (Fsp3) is 0.533. The Morgan fingerprint density at radius 1 is 1.29 bits per heavy atom. The lowest BCUT2D eigenvalue weighted by atomic mass is 10.1. The number of rotatable bonds is 4. The van der Waals surface area contributed by atoms with Crippen LogP contribution < -0.4 is 5.32 Å². The van der Waals surface area contributed by atoms with Crippen molar-refractivity contribution in [3.63, 3.8) is 0 Å². The van der Waals surface area contributed by atoms with E-state index in [-0.39, 0.29) is 17.7 Å². The molecule has 1 aliphatic rings. The summed E-state index contributed by atoms with van der Waals surface area (Å²) in [5.41, 5.74) is 1.84. The summed E-state index contributed by atoms with van der Waals surface area (Å²) in [6.45, 7) is 4.35. The van der Waals surface area contributed by atoms with Crippen molar-refractivity contribution < 1.29 is 13.2 Å². The first-order valence-electron chi connectivity index (χ1n) is 7.18. The summed E-state index contributed by atoms with van der Waals surface area (Å²) in [5, 5.41) is 2.85. The summed E-state index contributed by atoms with van der Waals surface area (Å²) in [6, 6.07) is 7.64. The van der Waals surface area contributed by atoms with Gasteiger partial charge in [-0.3, -0.25) is 4.79 Å². The van der Waals surface area contributed by atoms with Crippen LogP contribution in [0.5, 0.6) is 0 Å². The predicted octanol–water partition coefficient (Wildman–Crippen LogP) is 1.43. The summed E-state index contributed by atoms with van der Waals surface area (Å²) >= 11 is 0. The summed E-state index contributed by atoms with van der Waals surface area (Å²) in [7, 11) is -3.29. The summed E-state index contributed by atoms with van der Waals surface area (Å²) in [5.74, 6) is -0.0129. The van der Waals surface area contributed by atoms with Crippen LogP contribution in [0.1, 0.15) is 30.9 Å². The highest BCUT2D eigenvalue weighted by molar-refractivity contribution is 7.88. The van der Waals surface area contributed by atoms with Crippen molar-refractivity contribution in [2.45, 2.75) is 38.5 Å². The lowest BCUT2D eigenvalue weighted by molar-refractivity contribution is -0.119. The molecule has 0 saturated carbocycles. The largest absolute Gasteiger partial charge is 0.354 e. The van der Waals surface area contributed by atoms with Gasteiger partial charge in [0.15, 0.2) is 0 Å². The number of aryl methyl sites for hydroxylation is 1. The second-order valence-electron chi connectivity index (χ2n) is 5.56. The molecule has 2 rings (SSSR count). The third-order valence-corrected chi connectivity index (χ3v) is 5.68. The van der Waals surface area contributed by atoms with Crippen molar-refractivity contribution >= 4 is 15.9 Å². The standard InChI is InChI=1S/C15H22N2O3S/c1-12-5-3-4-6-14(12)11-21(19,20)17-9-7-15(8-10-17)16-13(2)18/h3-6,15H,7-11H2,1-2H3,(H,16,18). The molecule has 1 heterocycles. The van der Waals surface area contributed by atoms with Crippen molar-refractivity contribution in [3.8, 4) is 0 Å². The van der Waals surface area contributed by atoms with Crippen molar-refractivity contribution in [1.29, 1.82) is 0 Å². The third-order valence-electron chi connectivity index (χ3n) is 3.85. The van der Waals surface area contributed by atoms with Crippen LogP contribution in [0, 0.1) is 6.92 Å². The topological polar surface area (TPSA) is 66.5 Å². The molecule has 0 atom stereocenters. The number of nitrogens with zero attached hydrogens (tertiary/aromatic N) is 1. The number of amides is 1. The zero-order valence-corrected chi connectivity index (χ0v) is 13.3. The van der Waals surface area contributed by atoms with Crippen LogP contribution in [-0.2, 0) is 20.6 Å². The maximum absolute atomic E-state index is 12.5. The molecular weight excluding hydrogens is 288 g/mol. The number of carbonyl (C=O) groups is 1. The Hall–Kier alpha value is -1.40. The molecule has 0 bridgehead atoms. The molecule has 5 nitrogen and oxygen atoms in total. The molecule has 0 aromatic heterocycles. The van der Waals surface area contributed by atoms with E-state index in [9.17, 15) is 13.2 Å². The maximum Gasteiger partial charge on any atom is 0.218 e. The Kier molecular flexibility index (Phi) is 5.00. The molecule has 0 unspecified atom stereocenters. The van der Waals surface area contributed by atoms with Crippen molar-refractivity contribution in [2.24, 2.45) is 0 Å². The lowest BCUT2D eigenvalue weighted by Crippen LogP contribution is -2.46. The van der Waals surface area contributed by atoms with Gasteiger partial charge in [-0.2, -0.15) is 0 Å². The fourth-order valence-corrected chi connectivity index (χ4v) is 4.29. The number of sulfonamides is 1. The van der Waals surface area contributed by atoms with Crippen molar-refractivity contribution in [2.75, 3.05) is 13.1 Å². The molecule has 0 aliphatic carbocycles. The average molecular weight is 310 g/mol. The Balaban J connectivity index is 1.99. The fourth-order valence-electron chi connectivity index (χ4n) is 2.63. The number of piperidine rings is 1. The molecule has 0 radical (unpaired) electrons. The van der Waals surface area contributed by atoms with E-state index in [2.05, 4.69) is 5.32 Å². The Morgan fingerprint density at radius 2 is 1.90 bits per heavy atom. The average Bonchev–Trinajstić information content (AvgIpc) is 2.41. The minimum Gasteiger partial charge on any atom is -0.354 e. The van der Waals surface area contributed by atoms with E-state index >= 15 is 0 Å². The molecular formula is C15H22N2O3S. The first kappa shape index (κ1) is 16.0. The minimum absolute atomic E-state index is 0.0461. The molecule has 1 amide bonds. The van der Waals surface area contributed by atoms with E-state index in [1.54, 1.807) is 0 Å². The lowest BCUT2D eigenvalue weighted by Gasteiger charge is -2.31. The normalized spacial score (nSPS) is 17.6. The van der Waals surface area contributed by atoms with Crippen LogP contribution in [0.4, 0.5) is 0 Å². The molecule has 1 saturated heterocycles. The number of hydrogen-bond acceptors (Lipinski definition) is 3. The SMILES string of the molecule is CC(=O)NC1CCN(S(=O)(=O)Cc2ccccc2C)CC1. The monoisotopic (exact) mass is 310 g/mol. The predicted molar refractivity (Wildman–Crippen MR) is 82.2 cm³/mol. The van der Waals surface area contributed by atoms with Crippen molar-refractivity contribution in [1.82, 2.24) is 9.62 Å². The van der Waals surface area contributed by atoms with Gasteiger partial charge in [-0.25, -0.2) is 12.7 Å². The Morgan fingerprint density at radius 3 is 2.48 bits per heavy atom. The van der Waals surface area contributed by atoms with Gasteiger partial charge in [0.1, 0.15) is 0 Å². The molecule has 1 aromatic carbocycles. The first-order chi connectivity index (χ1) is 9.88. The zero-order chi connectivity index (χ0) is 15.5. The van der Waals surface area contributed by atoms with Gasteiger partial charge in [-0.15, -0.1) is 0 Å². The van der Waals surface area contributed by atoms with Gasteiger partial charge in [0, 0.05) is 26.1 Å². The molecule has 1 N–H and O–H groups in total. The van der Waals surface area contributed by atoms with Crippen LogP contribution in [-0.4, -0.2) is 37.8 Å². The van der Waals surface area contributed by atoms with Gasteiger partial charge < -0.3 is 5.32 Å². The van der Waals surface area contributed by atoms with Gasteiger partial charge in [0.2, 0.25) is 15.9 Å². The zero-order valence-electron chi connectivity index (χ0n) is 12.5. The van der Waals surface area contributed by atoms with Crippen LogP contribution >= 0.6 is 0 Å². The van der Waals surface area contributed by atoms with Gasteiger partial charge in [-0.05, 0) is 30.9 Å². The molecule has 0 spiro atoms. The van der Waals surface area contributed by atoms with E-state index in [0.717, 1.165) is 11.1 Å². The van der Waals surface area contributed by atoms with E-state index in [1.807, 2.05) is 31.2 Å². The Bertz CT molecular complexity index is 605. The van der Waals surface area contributed by atoms with Crippen molar-refractivity contribution in [3.05, 3.63) is 35.4 Å². The summed E-state index contributed by atoms with van der Waals surface area (Å²) in [4.78, 5) is 11.0. The van der Waals surface area contributed by atoms with Gasteiger partial charge >= 0.3 is 0 Å².